The third kappa shape index (κ3) is 4.34. The first-order valence-electron chi connectivity index (χ1n) is 6.92. The number of nitrogens with one attached hydrogen (secondary N) is 2. The molecule has 0 unspecified atom stereocenters. The fraction of sp³-hybridized carbons (Fsp3) is 0.333. The summed E-state index contributed by atoms with van der Waals surface area (Å²) in [7, 11) is 0. The van der Waals surface area contributed by atoms with Gasteiger partial charge in [0.25, 0.3) is 0 Å². The summed E-state index contributed by atoms with van der Waals surface area (Å²) in [5.74, 6) is 0.904. The van der Waals surface area contributed by atoms with E-state index in [0.29, 0.717) is 17.5 Å². The Bertz CT molecular complexity index is 641. The molecule has 0 saturated heterocycles. The molecule has 0 atom stereocenters. The van der Waals surface area contributed by atoms with Crippen molar-refractivity contribution in [3.05, 3.63) is 41.6 Å². The van der Waals surface area contributed by atoms with Crippen LogP contribution >= 0.6 is 0 Å². The molecule has 0 fully saturated rings. The van der Waals surface area contributed by atoms with Gasteiger partial charge in [0.1, 0.15) is 5.82 Å². The second-order valence-electron chi connectivity index (χ2n) is 4.85. The van der Waals surface area contributed by atoms with Crippen LogP contribution in [0, 0.1) is 6.92 Å². The van der Waals surface area contributed by atoms with Crippen LogP contribution in [0.2, 0.25) is 0 Å². The van der Waals surface area contributed by atoms with Gasteiger partial charge in [-0.25, -0.2) is 4.98 Å². The van der Waals surface area contributed by atoms with Gasteiger partial charge in [-0.05, 0) is 31.5 Å². The first-order chi connectivity index (χ1) is 10.4. The van der Waals surface area contributed by atoms with Gasteiger partial charge in [-0.2, -0.15) is 18.2 Å². The number of aryl methyl sites for hydroxylation is 1. The van der Waals surface area contributed by atoms with Crippen molar-refractivity contribution in [3.8, 4) is 0 Å². The summed E-state index contributed by atoms with van der Waals surface area (Å²) >= 11 is 0. The fourth-order valence-electron chi connectivity index (χ4n) is 1.87. The molecule has 0 bridgehead atoms. The summed E-state index contributed by atoms with van der Waals surface area (Å²) in [4.78, 5) is 8.47. The van der Waals surface area contributed by atoms with Crippen LogP contribution in [0.5, 0.6) is 0 Å². The maximum absolute atomic E-state index is 12.7. The molecule has 0 aliphatic carbocycles. The molecular weight excluding hydrogens is 293 g/mol. The van der Waals surface area contributed by atoms with E-state index in [9.17, 15) is 13.2 Å². The van der Waals surface area contributed by atoms with Crippen molar-refractivity contribution in [2.24, 2.45) is 0 Å². The predicted molar refractivity (Wildman–Crippen MR) is 80.3 cm³/mol. The van der Waals surface area contributed by atoms with Crippen molar-refractivity contribution < 1.29 is 13.2 Å². The number of halogens is 3. The molecular formula is C15H17F3N4. The highest BCUT2D eigenvalue weighted by molar-refractivity contribution is 5.58. The normalized spacial score (nSPS) is 11.3. The molecule has 1 heterocycles. The third-order valence-electron chi connectivity index (χ3n) is 2.85. The van der Waals surface area contributed by atoms with Gasteiger partial charge in [0.2, 0.25) is 5.95 Å². The van der Waals surface area contributed by atoms with Crippen LogP contribution in [0.3, 0.4) is 0 Å². The molecule has 0 saturated carbocycles. The van der Waals surface area contributed by atoms with Gasteiger partial charge in [-0.15, -0.1) is 0 Å². The average Bonchev–Trinajstić information content (AvgIpc) is 2.44. The minimum absolute atomic E-state index is 0.328. The standard InChI is InChI=1S/C15H17F3N4/c1-3-7-19-14-20-10(2)8-13(22-14)21-12-6-4-5-11(9-12)15(16,17)18/h4-6,8-9H,3,7H2,1-2H3,(H2,19,20,21,22). The molecule has 1 aromatic carbocycles. The van der Waals surface area contributed by atoms with Crippen molar-refractivity contribution in [2.45, 2.75) is 26.4 Å². The quantitative estimate of drug-likeness (QED) is 0.861. The lowest BCUT2D eigenvalue weighted by molar-refractivity contribution is -0.137. The summed E-state index contributed by atoms with van der Waals surface area (Å²) in [6.45, 7) is 4.55. The molecule has 2 rings (SSSR count). The van der Waals surface area contributed by atoms with E-state index in [1.807, 2.05) is 6.92 Å². The summed E-state index contributed by atoms with van der Waals surface area (Å²) in [6.07, 6.45) is -3.44. The van der Waals surface area contributed by atoms with E-state index in [-0.39, 0.29) is 0 Å². The molecule has 7 heteroatoms. The lowest BCUT2D eigenvalue weighted by atomic mass is 10.2. The van der Waals surface area contributed by atoms with Gasteiger partial charge in [0.05, 0.1) is 5.56 Å². The molecule has 0 radical (unpaired) electrons. The number of rotatable bonds is 5. The summed E-state index contributed by atoms with van der Waals surface area (Å²) in [5.41, 5.74) is 0.352. The minimum atomic E-state index is -4.37. The SMILES string of the molecule is CCCNc1nc(C)cc(Nc2cccc(C(F)(F)F)c2)n1. The van der Waals surface area contributed by atoms with Crippen LogP contribution in [0.25, 0.3) is 0 Å². The van der Waals surface area contributed by atoms with Gasteiger partial charge in [-0.1, -0.05) is 13.0 Å². The number of benzene rings is 1. The Morgan fingerprint density at radius 1 is 1.14 bits per heavy atom. The summed E-state index contributed by atoms with van der Waals surface area (Å²) in [6, 6.07) is 6.68. The van der Waals surface area contributed by atoms with Crippen molar-refractivity contribution in [1.29, 1.82) is 0 Å². The van der Waals surface area contributed by atoms with Gasteiger partial charge in [0, 0.05) is 24.0 Å². The van der Waals surface area contributed by atoms with E-state index in [1.54, 1.807) is 19.1 Å². The Morgan fingerprint density at radius 2 is 1.91 bits per heavy atom. The highest BCUT2D eigenvalue weighted by atomic mass is 19.4. The Balaban J connectivity index is 2.21. The molecule has 4 nitrogen and oxygen atoms in total. The first-order valence-corrected chi connectivity index (χ1v) is 6.92. The largest absolute Gasteiger partial charge is 0.416 e. The number of hydrogen-bond donors (Lipinski definition) is 2. The van der Waals surface area contributed by atoms with Crippen LogP contribution in [0.1, 0.15) is 24.6 Å². The number of aromatic nitrogens is 2. The second-order valence-corrected chi connectivity index (χ2v) is 4.85. The first kappa shape index (κ1) is 16.1. The Kier molecular flexibility index (Phi) is 4.85. The molecule has 2 aromatic rings. The lowest BCUT2D eigenvalue weighted by Crippen LogP contribution is -2.08. The summed E-state index contributed by atoms with van der Waals surface area (Å²) < 4.78 is 38.1. The molecule has 0 spiro atoms. The number of hydrogen-bond acceptors (Lipinski definition) is 4. The van der Waals surface area contributed by atoms with E-state index >= 15 is 0 Å². The molecule has 1 aromatic heterocycles. The fourth-order valence-corrected chi connectivity index (χ4v) is 1.87. The average molecular weight is 310 g/mol. The molecule has 0 aliphatic heterocycles. The maximum Gasteiger partial charge on any atom is 0.416 e. The smallest absolute Gasteiger partial charge is 0.354 e. The number of anilines is 3. The van der Waals surface area contributed by atoms with Crippen molar-refractivity contribution >= 4 is 17.5 Å². The Morgan fingerprint density at radius 3 is 2.59 bits per heavy atom. The highest BCUT2D eigenvalue weighted by Crippen LogP contribution is 2.31. The second kappa shape index (κ2) is 6.64. The zero-order valence-corrected chi connectivity index (χ0v) is 12.3. The topological polar surface area (TPSA) is 49.8 Å². The molecule has 2 N–H and O–H groups in total. The zero-order chi connectivity index (χ0) is 16.2. The van der Waals surface area contributed by atoms with E-state index in [4.69, 9.17) is 0 Å². The molecule has 0 aliphatic rings. The summed E-state index contributed by atoms with van der Waals surface area (Å²) in [5, 5.41) is 5.94. The van der Waals surface area contributed by atoms with Gasteiger partial charge in [0.15, 0.2) is 0 Å². The molecule has 118 valence electrons. The van der Waals surface area contributed by atoms with E-state index in [1.165, 1.54) is 6.07 Å². The molecule has 22 heavy (non-hydrogen) atoms. The van der Waals surface area contributed by atoms with Crippen LogP contribution in [0.15, 0.2) is 30.3 Å². The maximum atomic E-state index is 12.7. The van der Waals surface area contributed by atoms with Crippen LogP contribution in [-0.2, 0) is 6.18 Å². The van der Waals surface area contributed by atoms with Gasteiger partial charge < -0.3 is 10.6 Å². The lowest BCUT2D eigenvalue weighted by Gasteiger charge is -2.11. The van der Waals surface area contributed by atoms with Gasteiger partial charge in [-0.3, -0.25) is 0 Å². The van der Waals surface area contributed by atoms with Crippen molar-refractivity contribution in [1.82, 2.24) is 9.97 Å². The number of alkyl halides is 3. The predicted octanol–water partition coefficient (Wildman–Crippen LogP) is 4.37. The van der Waals surface area contributed by atoms with E-state index in [0.717, 1.165) is 30.8 Å². The Hall–Kier alpha value is -2.31. The monoisotopic (exact) mass is 310 g/mol. The van der Waals surface area contributed by atoms with Crippen LogP contribution < -0.4 is 10.6 Å². The minimum Gasteiger partial charge on any atom is -0.354 e. The van der Waals surface area contributed by atoms with Gasteiger partial charge >= 0.3 is 6.18 Å². The van der Waals surface area contributed by atoms with E-state index < -0.39 is 11.7 Å². The third-order valence-corrected chi connectivity index (χ3v) is 2.85. The van der Waals surface area contributed by atoms with Crippen molar-refractivity contribution in [2.75, 3.05) is 17.2 Å². The van der Waals surface area contributed by atoms with Crippen molar-refractivity contribution in [3.63, 3.8) is 0 Å². The van der Waals surface area contributed by atoms with Crippen LogP contribution in [0.4, 0.5) is 30.6 Å². The number of nitrogens with zero attached hydrogens (tertiary/aromatic N) is 2. The zero-order valence-electron chi connectivity index (χ0n) is 12.3. The van der Waals surface area contributed by atoms with Crippen LogP contribution in [-0.4, -0.2) is 16.5 Å². The highest BCUT2D eigenvalue weighted by Gasteiger charge is 2.30. The van der Waals surface area contributed by atoms with E-state index in [2.05, 4.69) is 20.6 Å². The molecule has 0 amide bonds. The Labute approximate surface area is 126 Å².